The highest BCUT2D eigenvalue weighted by Gasteiger charge is 2.24. The minimum Gasteiger partial charge on any atom is -0.467 e. The first-order valence-corrected chi connectivity index (χ1v) is 11.6. The Morgan fingerprint density at radius 3 is 2.63 bits per heavy atom. The molecule has 0 aliphatic heterocycles. The van der Waals surface area contributed by atoms with Gasteiger partial charge in [-0.05, 0) is 49.6 Å². The van der Waals surface area contributed by atoms with Gasteiger partial charge in [0.25, 0.3) is 0 Å². The fraction of sp³-hybridized carbons (Fsp3) is 0.259. The van der Waals surface area contributed by atoms with E-state index >= 15 is 0 Å². The van der Waals surface area contributed by atoms with Crippen molar-refractivity contribution in [3.63, 3.8) is 0 Å². The molecule has 178 valence electrons. The number of benzene rings is 2. The van der Waals surface area contributed by atoms with E-state index in [0.29, 0.717) is 12.8 Å². The number of carbonyl (C=O) groups is 2. The molecule has 0 aliphatic rings. The highest BCUT2D eigenvalue weighted by atomic mass is 16.5. The predicted octanol–water partition coefficient (Wildman–Crippen LogP) is 3.81. The molecule has 0 fully saturated rings. The van der Waals surface area contributed by atoms with E-state index in [1.807, 2.05) is 73.1 Å². The van der Waals surface area contributed by atoms with Crippen LogP contribution in [0, 0.1) is 13.8 Å². The van der Waals surface area contributed by atoms with Crippen molar-refractivity contribution in [2.75, 3.05) is 7.11 Å². The summed E-state index contributed by atoms with van der Waals surface area (Å²) in [4.78, 5) is 33.3. The summed E-state index contributed by atoms with van der Waals surface area (Å²) in [5.74, 6) is -0.688. The van der Waals surface area contributed by atoms with Gasteiger partial charge in [-0.25, -0.2) is 14.3 Å². The van der Waals surface area contributed by atoms with E-state index in [1.165, 1.54) is 7.11 Å². The lowest BCUT2D eigenvalue weighted by Gasteiger charge is -2.17. The quantitative estimate of drug-likeness (QED) is 0.353. The average molecular weight is 470 g/mol. The Hall–Kier alpha value is -4.20. The second-order valence-corrected chi connectivity index (χ2v) is 8.72. The zero-order valence-corrected chi connectivity index (χ0v) is 20.0. The minimum absolute atomic E-state index is 0.218. The summed E-state index contributed by atoms with van der Waals surface area (Å²) < 4.78 is 6.81. The van der Waals surface area contributed by atoms with Gasteiger partial charge >= 0.3 is 5.97 Å². The van der Waals surface area contributed by atoms with Gasteiger partial charge in [0, 0.05) is 46.7 Å². The molecule has 0 radical (unpaired) electrons. The topological polar surface area (TPSA) is 101 Å². The average Bonchev–Trinajstić information content (AvgIpc) is 3.45. The number of nitrogens with one attached hydrogen (secondary N) is 2. The maximum atomic E-state index is 12.9. The molecule has 8 nitrogen and oxygen atoms in total. The molecule has 5 rings (SSSR count). The van der Waals surface area contributed by atoms with E-state index in [2.05, 4.69) is 15.4 Å². The van der Waals surface area contributed by atoms with Gasteiger partial charge in [-0.15, -0.1) is 0 Å². The molecular weight excluding hydrogens is 442 g/mol. The number of esters is 1. The van der Waals surface area contributed by atoms with E-state index in [1.54, 1.807) is 0 Å². The number of para-hydroxylation sites is 1. The first-order chi connectivity index (χ1) is 17.0. The fourth-order valence-corrected chi connectivity index (χ4v) is 4.70. The summed E-state index contributed by atoms with van der Waals surface area (Å²) in [6, 6.07) is 15.0. The number of aromatic nitrogens is 4. The summed E-state index contributed by atoms with van der Waals surface area (Å²) in [6.45, 7) is 3.95. The standard InChI is InChI=1S/C27H27N5O3/c1-16-19(17(2)32-26(29-16)21-9-5-7-11-23(21)31-32)12-13-25(33)30-24(27(34)35-3)14-18-15-28-22-10-6-4-8-20(18)22/h4-11,15,24,28H,12-14H2,1-3H3,(H,30,33)/t24-/m1/s1. The molecule has 1 atom stereocenters. The maximum absolute atomic E-state index is 12.9. The van der Waals surface area contributed by atoms with Crippen LogP contribution in [0.15, 0.2) is 54.7 Å². The lowest BCUT2D eigenvalue weighted by Crippen LogP contribution is -2.43. The number of aromatic amines is 1. The number of fused-ring (bicyclic) bond motifs is 4. The first kappa shape index (κ1) is 22.6. The van der Waals surface area contributed by atoms with Crippen molar-refractivity contribution < 1.29 is 14.3 Å². The molecule has 0 saturated carbocycles. The zero-order chi connectivity index (χ0) is 24.5. The number of nitrogens with zero attached hydrogens (tertiary/aromatic N) is 3. The molecule has 0 aliphatic carbocycles. The lowest BCUT2D eigenvalue weighted by atomic mass is 10.0. The Morgan fingerprint density at radius 1 is 1.09 bits per heavy atom. The highest BCUT2D eigenvalue weighted by Crippen LogP contribution is 2.23. The number of rotatable bonds is 7. The molecule has 0 saturated heterocycles. The van der Waals surface area contributed by atoms with Gasteiger partial charge in [-0.2, -0.15) is 5.10 Å². The smallest absolute Gasteiger partial charge is 0.328 e. The number of ether oxygens (including phenoxy) is 1. The summed E-state index contributed by atoms with van der Waals surface area (Å²) >= 11 is 0. The van der Waals surface area contributed by atoms with Crippen molar-refractivity contribution in [3.05, 3.63) is 77.2 Å². The summed E-state index contributed by atoms with van der Waals surface area (Å²) in [5, 5.41) is 9.57. The van der Waals surface area contributed by atoms with Crippen LogP contribution in [0.4, 0.5) is 0 Å². The van der Waals surface area contributed by atoms with Crippen LogP contribution in [-0.2, 0) is 27.2 Å². The SMILES string of the molecule is COC(=O)[C@@H](Cc1c[nH]c2ccccc12)NC(=O)CCc1c(C)nc2c3ccccc3nn2c1C. The van der Waals surface area contributed by atoms with Gasteiger partial charge in [0.1, 0.15) is 6.04 Å². The van der Waals surface area contributed by atoms with Gasteiger partial charge in [0.15, 0.2) is 5.65 Å². The van der Waals surface area contributed by atoms with Crippen LogP contribution in [0.3, 0.4) is 0 Å². The molecule has 35 heavy (non-hydrogen) atoms. The Kier molecular flexibility index (Phi) is 5.94. The first-order valence-electron chi connectivity index (χ1n) is 11.6. The number of carbonyl (C=O) groups excluding carboxylic acids is 2. The number of methoxy groups -OCH3 is 1. The van der Waals surface area contributed by atoms with Crippen LogP contribution in [0.25, 0.3) is 27.5 Å². The molecule has 0 spiro atoms. The number of aryl methyl sites for hydroxylation is 2. The summed E-state index contributed by atoms with van der Waals surface area (Å²) in [6.07, 6.45) is 2.92. The van der Waals surface area contributed by atoms with Crippen molar-refractivity contribution in [1.82, 2.24) is 24.9 Å². The highest BCUT2D eigenvalue weighted by molar-refractivity contribution is 5.92. The zero-order valence-electron chi connectivity index (χ0n) is 20.0. The Bertz CT molecular complexity index is 1570. The van der Waals surface area contributed by atoms with Crippen LogP contribution < -0.4 is 5.32 Å². The van der Waals surface area contributed by atoms with Crippen molar-refractivity contribution >= 4 is 39.3 Å². The monoisotopic (exact) mass is 469 g/mol. The van der Waals surface area contributed by atoms with Crippen LogP contribution in [0.5, 0.6) is 0 Å². The molecule has 1 amide bonds. The van der Waals surface area contributed by atoms with E-state index in [4.69, 9.17) is 9.72 Å². The summed E-state index contributed by atoms with van der Waals surface area (Å²) in [5.41, 5.74) is 6.44. The number of H-pyrrole nitrogens is 1. The largest absolute Gasteiger partial charge is 0.467 e. The predicted molar refractivity (Wildman–Crippen MR) is 134 cm³/mol. The van der Waals surface area contributed by atoms with E-state index in [0.717, 1.165) is 50.0 Å². The molecule has 3 aromatic heterocycles. The van der Waals surface area contributed by atoms with Crippen molar-refractivity contribution in [1.29, 1.82) is 0 Å². The van der Waals surface area contributed by atoms with Crippen LogP contribution in [0.1, 0.15) is 28.9 Å². The number of amides is 1. The van der Waals surface area contributed by atoms with E-state index < -0.39 is 12.0 Å². The second kappa shape index (κ2) is 9.21. The molecule has 0 bridgehead atoms. The van der Waals surface area contributed by atoms with Gasteiger partial charge in [0.05, 0.1) is 12.6 Å². The van der Waals surface area contributed by atoms with Crippen LogP contribution >= 0.6 is 0 Å². The molecular formula is C27H27N5O3. The third-order valence-corrected chi connectivity index (χ3v) is 6.54. The second-order valence-electron chi connectivity index (χ2n) is 8.72. The van der Waals surface area contributed by atoms with Gasteiger partial charge < -0.3 is 15.0 Å². The molecule has 3 heterocycles. The Morgan fingerprint density at radius 2 is 1.83 bits per heavy atom. The fourth-order valence-electron chi connectivity index (χ4n) is 4.70. The molecule has 2 N–H and O–H groups in total. The molecule has 5 aromatic rings. The van der Waals surface area contributed by atoms with Crippen LogP contribution in [-0.4, -0.2) is 44.6 Å². The maximum Gasteiger partial charge on any atom is 0.328 e. The third kappa shape index (κ3) is 4.23. The van der Waals surface area contributed by atoms with Crippen molar-refractivity contribution in [3.8, 4) is 0 Å². The number of hydrogen-bond donors (Lipinski definition) is 2. The third-order valence-electron chi connectivity index (χ3n) is 6.54. The minimum atomic E-state index is -0.772. The summed E-state index contributed by atoms with van der Waals surface area (Å²) in [7, 11) is 1.33. The Balaban J connectivity index is 1.33. The van der Waals surface area contributed by atoms with Crippen molar-refractivity contribution in [2.24, 2.45) is 0 Å². The van der Waals surface area contributed by atoms with Gasteiger partial charge in [0.2, 0.25) is 5.91 Å². The lowest BCUT2D eigenvalue weighted by molar-refractivity contribution is -0.145. The number of hydrogen-bond acceptors (Lipinski definition) is 5. The molecule has 0 unspecified atom stereocenters. The van der Waals surface area contributed by atoms with E-state index in [-0.39, 0.29) is 12.3 Å². The van der Waals surface area contributed by atoms with Crippen molar-refractivity contribution in [2.45, 2.75) is 39.2 Å². The van der Waals surface area contributed by atoms with Gasteiger partial charge in [-0.1, -0.05) is 30.3 Å². The normalized spacial score (nSPS) is 12.3. The van der Waals surface area contributed by atoms with Gasteiger partial charge in [-0.3, -0.25) is 4.79 Å². The van der Waals surface area contributed by atoms with E-state index in [9.17, 15) is 9.59 Å². The Labute approximate surface area is 202 Å². The van der Waals surface area contributed by atoms with Crippen LogP contribution in [0.2, 0.25) is 0 Å². The molecule has 8 heteroatoms. The molecule has 2 aromatic carbocycles.